The van der Waals surface area contributed by atoms with E-state index in [4.69, 9.17) is 0 Å². The molecule has 3 heteroatoms. The first-order chi connectivity index (χ1) is 19.5. The average molecular weight is 539 g/mol. The quantitative estimate of drug-likeness (QED) is 0.201. The molecule has 8 rings (SSSR count). The third-order valence-corrected chi connectivity index (χ3v) is 10.7. The number of aromatic nitrogens is 2. The van der Waals surface area contributed by atoms with E-state index >= 15 is 4.39 Å². The minimum atomic E-state index is -0.439. The molecule has 41 heavy (non-hydrogen) atoms. The zero-order chi connectivity index (χ0) is 28.6. The summed E-state index contributed by atoms with van der Waals surface area (Å²) in [5.74, 6) is -0.115. The minimum Gasteiger partial charge on any atom is -0.207 e. The van der Waals surface area contributed by atoms with Crippen molar-refractivity contribution >= 4 is 17.0 Å². The molecule has 0 bridgehead atoms. The average Bonchev–Trinajstić information content (AvgIpc) is 3.44. The predicted octanol–water partition coefficient (Wildman–Crippen LogP) is 7.99. The fourth-order valence-electron chi connectivity index (χ4n) is 8.28. The van der Waals surface area contributed by atoms with Crippen molar-refractivity contribution in [2.24, 2.45) is 0 Å². The van der Waals surface area contributed by atoms with Gasteiger partial charge in [-0.2, -0.15) is 9.13 Å². The van der Waals surface area contributed by atoms with Gasteiger partial charge >= 0.3 is 0 Å². The molecule has 2 atom stereocenters. The van der Waals surface area contributed by atoms with Gasteiger partial charge in [0.05, 0.1) is 21.9 Å². The second kappa shape index (κ2) is 7.59. The second-order valence-electron chi connectivity index (χ2n) is 13.3. The lowest BCUT2D eigenvalue weighted by Gasteiger charge is -2.37. The Balaban J connectivity index is 1.46. The molecule has 5 aromatic rings. The summed E-state index contributed by atoms with van der Waals surface area (Å²) in [5, 5.41) is 2.47. The number of fused-ring (bicyclic) bond motifs is 3. The van der Waals surface area contributed by atoms with Crippen LogP contribution < -0.4 is 9.13 Å². The molecule has 2 nitrogen and oxygen atoms in total. The first-order valence-corrected chi connectivity index (χ1v) is 14.6. The number of halogens is 1. The molecule has 0 spiro atoms. The number of allylic oxidation sites excluding steroid dienone is 1. The Bertz CT molecular complexity index is 2050. The van der Waals surface area contributed by atoms with Gasteiger partial charge in [-0.3, -0.25) is 0 Å². The molecule has 0 N–H and O–H groups in total. The lowest BCUT2D eigenvalue weighted by molar-refractivity contribution is -0.726. The maximum absolute atomic E-state index is 15.9. The van der Waals surface area contributed by atoms with Gasteiger partial charge in [0.25, 0.3) is 0 Å². The van der Waals surface area contributed by atoms with Gasteiger partial charge in [-0.05, 0) is 67.5 Å². The van der Waals surface area contributed by atoms with Crippen molar-refractivity contribution in [3.63, 3.8) is 0 Å². The number of aryl methyl sites for hydroxylation is 3. The van der Waals surface area contributed by atoms with Gasteiger partial charge in [0.15, 0.2) is 18.6 Å². The van der Waals surface area contributed by atoms with Gasteiger partial charge in [0.2, 0.25) is 16.9 Å². The lowest BCUT2D eigenvalue weighted by Crippen LogP contribution is -2.54. The van der Waals surface area contributed by atoms with E-state index in [1.54, 1.807) is 6.07 Å². The van der Waals surface area contributed by atoms with Crippen LogP contribution in [0.2, 0.25) is 0 Å². The van der Waals surface area contributed by atoms with Crippen molar-refractivity contribution in [1.82, 2.24) is 0 Å². The largest absolute Gasteiger partial charge is 0.222 e. The zero-order valence-electron chi connectivity index (χ0n) is 24.9. The summed E-state index contributed by atoms with van der Waals surface area (Å²) >= 11 is 0. The van der Waals surface area contributed by atoms with Crippen LogP contribution in [0.25, 0.3) is 39.5 Å². The van der Waals surface area contributed by atoms with Crippen LogP contribution in [0.3, 0.4) is 0 Å². The molecule has 2 aromatic heterocycles. The van der Waals surface area contributed by atoms with E-state index in [2.05, 4.69) is 137 Å². The Morgan fingerprint density at radius 3 is 2.37 bits per heavy atom. The van der Waals surface area contributed by atoms with Gasteiger partial charge in [-0.1, -0.05) is 55.8 Å². The van der Waals surface area contributed by atoms with E-state index in [9.17, 15) is 0 Å². The monoisotopic (exact) mass is 538 g/mol. The Hall–Kier alpha value is -4.11. The van der Waals surface area contributed by atoms with Gasteiger partial charge < -0.3 is 0 Å². The van der Waals surface area contributed by atoms with E-state index in [0.717, 1.165) is 16.8 Å². The first-order valence-electron chi connectivity index (χ1n) is 14.6. The topological polar surface area (TPSA) is 7.76 Å². The highest BCUT2D eigenvalue weighted by Crippen LogP contribution is 2.70. The van der Waals surface area contributed by atoms with E-state index in [1.165, 1.54) is 55.4 Å². The standard InChI is InChI=1S/C38H35FN2/c1-22-11-12-24(3)26(19-22)30-20-23(2)15-17-40(30)21-31-37(6)28-13-14-29(39)34-33(28)35-32-25(16-18-41(35)38(31,37)7)9-8-10-27(32)36(34,4)5/h8-21H,1-7H3/q+2/b31-21+. The van der Waals surface area contributed by atoms with Crippen LogP contribution in [0, 0.1) is 26.6 Å². The van der Waals surface area contributed by atoms with Gasteiger partial charge in [0, 0.05) is 41.7 Å². The smallest absolute Gasteiger partial charge is 0.207 e. The van der Waals surface area contributed by atoms with Crippen LogP contribution in [-0.2, 0) is 16.4 Å². The van der Waals surface area contributed by atoms with Crippen molar-refractivity contribution < 1.29 is 13.5 Å². The molecule has 1 aliphatic heterocycles. The number of nitrogens with zero attached hydrogens (tertiary/aromatic N) is 2. The molecule has 2 unspecified atom stereocenters. The summed E-state index contributed by atoms with van der Waals surface area (Å²) in [7, 11) is 0. The van der Waals surface area contributed by atoms with Gasteiger partial charge in [-0.25, -0.2) is 4.39 Å². The summed E-state index contributed by atoms with van der Waals surface area (Å²) in [4.78, 5) is 0. The highest BCUT2D eigenvalue weighted by Gasteiger charge is 2.80. The van der Waals surface area contributed by atoms with Crippen LogP contribution in [0.4, 0.5) is 4.39 Å². The summed E-state index contributed by atoms with van der Waals surface area (Å²) in [6.07, 6.45) is 6.78. The Labute approximate surface area is 241 Å². The highest BCUT2D eigenvalue weighted by molar-refractivity contribution is 6.02. The summed E-state index contributed by atoms with van der Waals surface area (Å²) < 4.78 is 20.7. The molecule has 0 saturated heterocycles. The minimum absolute atomic E-state index is 0.115. The number of rotatable bonds is 2. The SMILES string of the molecule is Cc1ccc(C)c(-c2cc(C)cc[n+]2/C=C2\C3(C)c4ccc(F)c5c4-c4c6c(cccc6cc[n+]4C23C)C5(C)C)c1. The maximum Gasteiger partial charge on any atom is 0.222 e. The third-order valence-electron chi connectivity index (χ3n) is 10.7. The van der Waals surface area contributed by atoms with Crippen molar-refractivity contribution in [1.29, 1.82) is 0 Å². The number of benzene rings is 3. The molecule has 0 amide bonds. The Morgan fingerprint density at radius 1 is 0.780 bits per heavy atom. The molecular weight excluding hydrogens is 503 g/mol. The molecule has 3 heterocycles. The van der Waals surface area contributed by atoms with E-state index < -0.39 is 5.41 Å². The van der Waals surface area contributed by atoms with Crippen molar-refractivity contribution in [2.75, 3.05) is 0 Å². The Kier molecular flexibility index (Phi) is 4.56. The molecular formula is C38H35FN2+2. The first kappa shape index (κ1) is 24.7. The van der Waals surface area contributed by atoms with E-state index in [0.29, 0.717) is 0 Å². The lowest BCUT2D eigenvalue weighted by atomic mass is 9.66. The summed E-state index contributed by atoms with van der Waals surface area (Å²) in [5.41, 5.74) is 12.0. The fourth-order valence-corrected chi connectivity index (χ4v) is 8.28. The predicted molar refractivity (Wildman–Crippen MR) is 163 cm³/mol. The zero-order valence-corrected chi connectivity index (χ0v) is 24.9. The van der Waals surface area contributed by atoms with Crippen LogP contribution in [0.15, 0.2) is 84.7 Å². The van der Waals surface area contributed by atoms with Crippen LogP contribution in [0.5, 0.6) is 0 Å². The van der Waals surface area contributed by atoms with Crippen LogP contribution >= 0.6 is 0 Å². The molecule has 3 aromatic carbocycles. The number of hydrogen-bond acceptors (Lipinski definition) is 0. The van der Waals surface area contributed by atoms with Gasteiger partial charge in [-0.15, -0.1) is 0 Å². The fraction of sp³-hybridized carbons (Fsp3) is 0.263. The van der Waals surface area contributed by atoms with E-state index in [1.807, 2.05) is 0 Å². The summed E-state index contributed by atoms with van der Waals surface area (Å²) in [6, 6.07) is 23.7. The van der Waals surface area contributed by atoms with E-state index in [-0.39, 0.29) is 16.8 Å². The molecule has 1 saturated carbocycles. The second-order valence-corrected chi connectivity index (χ2v) is 13.3. The van der Waals surface area contributed by atoms with Gasteiger partial charge in [0.1, 0.15) is 5.82 Å². The number of pyridine rings is 2. The maximum atomic E-state index is 15.9. The van der Waals surface area contributed by atoms with Crippen molar-refractivity contribution in [3.05, 3.63) is 124 Å². The van der Waals surface area contributed by atoms with Crippen molar-refractivity contribution in [3.8, 4) is 22.5 Å². The summed E-state index contributed by atoms with van der Waals surface area (Å²) in [6.45, 7) is 15.6. The third kappa shape index (κ3) is 2.82. The number of hydrogen-bond donors (Lipinski definition) is 0. The Morgan fingerprint density at radius 2 is 1.56 bits per heavy atom. The van der Waals surface area contributed by atoms with Crippen LogP contribution in [-0.4, -0.2) is 0 Å². The van der Waals surface area contributed by atoms with Crippen molar-refractivity contribution in [2.45, 2.75) is 64.8 Å². The molecule has 1 fully saturated rings. The van der Waals surface area contributed by atoms with Crippen LogP contribution in [0.1, 0.15) is 61.1 Å². The molecule has 3 aliphatic rings. The highest BCUT2D eigenvalue weighted by atomic mass is 19.1. The molecule has 2 aliphatic carbocycles. The molecule has 0 radical (unpaired) electrons. The normalized spacial score (nSPS) is 23.6. The molecule has 202 valence electrons.